The van der Waals surface area contributed by atoms with E-state index in [1.807, 2.05) is 32.9 Å². The van der Waals surface area contributed by atoms with E-state index >= 15 is 0 Å². The molecule has 0 aliphatic heterocycles. The van der Waals surface area contributed by atoms with Crippen LogP contribution in [0.25, 0.3) is 0 Å². The van der Waals surface area contributed by atoms with E-state index in [9.17, 15) is 4.21 Å². The lowest BCUT2D eigenvalue weighted by molar-refractivity contribution is 0.651. The van der Waals surface area contributed by atoms with Crippen LogP contribution in [-0.2, 0) is 11.0 Å². The van der Waals surface area contributed by atoms with Gasteiger partial charge in [0.15, 0.2) is 0 Å². The first-order valence-electron chi connectivity index (χ1n) is 4.61. The van der Waals surface area contributed by atoms with E-state index < -0.39 is 11.0 Å². The molecule has 1 unspecified atom stereocenters. The molecular formula is C11H14ClNOS. The maximum absolute atomic E-state index is 11.6. The van der Waals surface area contributed by atoms with E-state index in [0.717, 1.165) is 5.56 Å². The summed E-state index contributed by atoms with van der Waals surface area (Å²) in [5, 5.41) is 0.684. The van der Waals surface area contributed by atoms with Crippen molar-refractivity contribution in [2.75, 3.05) is 0 Å². The molecule has 15 heavy (non-hydrogen) atoms. The molecule has 0 aliphatic rings. The summed E-state index contributed by atoms with van der Waals surface area (Å²) < 4.78 is 15.3. The van der Waals surface area contributed by atoms with Gasteiger partial charge in [0, 0.05) is 11.2 Å². The second kappa shape index (κ2) is 4.90. The minimum atomic E-state index is -1.21. The van der Waals surface area contributed by atoms with Crippen LogP contribution in [0, 0.1) is 0 Å². The maximum atomic E-state index is 11.6. The van der Waals surface area contributed by atoms with E-state index in [2.05, 4.69) is 4.40 Å². The summed E-state index contributed by atoms with van der Waals surface area (Å²) in [5.41, 5.74) is 0.900. The zero-order valence-electron chi connectivity index (χ0n) is 9.03. The molecule has 0 aromatic heterocycles. The number of hydrogen-bond acceptors (Lipinski definition) is 1. The Morgan fingerprint density at radius 1 is 1.27 bits per heavy atom. The number of benzene rings is 1. The Morgan fingerprint density at radius 3 is 2.27 bits per heavy atom. The van der Waals surface area contributed by atoms with Gasteiger partial charge in [-0.2, -0.15) is 4.40 Å². The monoisotopic (exact) mass is 243 g/mol. The average Bonchev–Trinajstić information content (AvgIpc) is 2.15. The molecule has 1 rings (SSSR count). The van der Waals surface area contributed by atoms with Crippen molar-refractivity contribution in [1.82, 2.24) is 0 Å². The first-order valence-corrected chi connectivity index (χ1v) is 6.10. The summed E-state index contributed by atoms with van der Waals surface area (Å²) in [6, 6.07) is 7.24. The van der Waals surface area contributed by atoms with E-state index in [0.29, 0.717) is 5.02 Å². The molecule has 82 valence electrons. The minimum Gasteiger partial charge on any atom is -0.234 e. The van der Waals surface area contributed by atoms with E-state index in [-0.39, 0.29) is 4.75 Å². The van der Waals surface area contributed by atoms with Gasteiger partial charge in [-0.05, 0) is 38.5 Å². The van der Waals surface area contributed by atoms with Gasteiger partial charge in [-0.1, -0.05) is 23.7 Å². The van der Waals surface area contributed by atoms with Gasteiger partial charge in [0.05, 0.1) is 4.75 Å². The van der Waals surface area contributed by atoms with Gasteiger partial charge in [-0.15, -0.1) is 0 Å². The summed E-state index contributed by atoms with van der Waals surface area (Å²) in [5.74, 6) is 0. The van der Waals surface area contributed by atoms with Crippen molar-refractivity contribution in [3.63, 3.8) is 0 Å². The fraction of sp³-hybridized carbons (Fsp3) is 0.364. The minimum absolute atomic E-state index is 0.317. The molecule has 0 radical (unpaired) electrons. The highest BCUT2D eigenvalue weighted by atomic mass is 35.5. The molecule has 0 saturated carbocycles. The van der Waals surface area contributed by atoms with E-state index in [4.69, 9.17) is 11.6 Å². The Kier molecular flexibility index (Phi) is 4.05. The van der Waals surface area contributed by atoms with Crippen LogP contribution in [0.2, 0.25) is 5.02 Å². The van der Waals surface area contributed by atoms with E-state index in [1.165, 1.54) is 0 Å². The van der Waals surface area contributed by atoms with Crippen LogP contribution in [0.1, 0.15) is 26.3 Å². The largest absolute Gasteiger partial charge is 0.234 e. The molecule has 0 amide bonds. The Morgan fingerprint density at radius 2 is 1.80 bits per heavy atom. The van der Waals surface area contributed by atoms with Crippen molar-refractivity contribution in [2.45, 2.75) is 25.5 Å². The Bertz CT molecular complexity index is 379. The summed E-state index contributed by atoms with van der Waals surface area (Å²) in [6.45, 7) is 5.67. The zero-order valence-corrected chi connectivity index (χ0v) is 10.6. The lowest BCUT2D eigenvalue weighted by atomic mass is 10.2. The number of hydrogen-bond donors (Lipinski definition) is 0. The highest BCUT2D eigenvalue weighted by Gasteiger charge is 2.17. The van der Waals surface area contributed by atoms with Crippen LogP contribution in [-0.4, -0.2) is 15.2 Å². The van der Waals surface area contributed by atoms with Gasteiger partial charge in [-0.3, -0.25) is 0 Å². The van der Waals surface area contributed by atoms with Crippen molar-refractivity contribution >= 4 is 28.8 Å². The van der Waals surface area contributed by atoms with Crippen LogP contribution in [0.15, 0.2) is 28.7 Å². The van der Waals surface area contributed by atoms with Crippen molar-refractivity contribution in [3.05, 3.63) is 34.9 Å². The van der Waals surface area contributed by atoms with Crippen LogP contribution >= 0.6 is 11.6 Å². The molecule has 0 bridgehead atoms. The maximum Gasteiger partial charge on any atom is 0.144 e. The van der Waals surface area contributed by atoms with Gasteiger partial charge in [0.1, 0.15) is 11.0 Å². The predicted molar refractivity (Wildman–Crippen MR) is 66.9 cm³/mol. The first-order chi connectivity index (χ1) is 6.89. The molecule has 0 saturated heterocycles. The summed E-state index contributed by atoms with van der Waals surface area (Å²) in [4.78, 5) is 0. The smallest absolute Gasteiger partial charge is 0.144 e. The second-order valence-corrected chi connectivity index (χ2v) is 6.52. The molecular weight excluding hydrogens is 230 g/mol. The van der Waals surface area contributed by atoms with Crippen molar-refractivity contribution in [1.29, 1.82) is 0 Å². The summed E-state index contributed by atoms with van der Waals surface area (Å²) in [6.07, 6.45) is 1.61. The lowest BCUT2D eigenvalue weighted by Gasteiger charge is -2.12. The van der Waals surface area contributed by atoms with Crippen LogP contribution in [0.3, 0.4) is 0 Å². The molecule has 1 aromatic carbocycles. The predicted octanol–water partition coefficient (Wildman–Crippen LogP) is 3.22. The third-order valence-electron chi connectivity index (χ3n) is 1.69. The molecule has 4 heteroatoms. The number of halogens is 1. The van der Waals surface area contributed by atoms with Crippen LogP contribution in [0.5, 0.6) is 0 Å². The Balaban J connectivity index is 2.74. The highest BCUT2D eigenvalue weighted by Crippen LogP contribution is 2.13. The fourth-order valence-electron chi connectivity index (χ4n) is 0.816. The molecule has 2 nitrogen and oxygen atoms in total. The molecule has 0 aliphatic carbocycles. The number of rotatable bonds is 2. The average molecular weight is 244 g/mol. The highest BCUT2D eigenvalue weighted by molar-refractivity contribution is 7.85. The van der Waals surface area contributed by atoms with Gasteiger partial charge in [0.25, 0.3) is 0 Å². The fourth-order valence-corrected chi connectivity index (χ4v) is 1.48. The van der Waals surface area contributed by atoms with Gasteiger partial charge in [-0.25, -0.2) is 4.21 Å². The number of nitrogens with zero attached hydrogens (tertiary/aromatic N) is 1. The molecule has 0 N–H and O–H groups in total. The quantitative estimate of drug-likeness (QED) is 0.734. The third kappa shape index (κ3) is 4.14. The van der Waals surface area contributed by atoms with Crippen LogP contribution < -0.4 is 0 Å². The standard InChI is InChI=1S/C11H14ClNOS/c1-11(2,3)15(14)13-8-9-4-6-10(12)7-5-9/h4-8H,1-3H3/b13-8-. The van der Waals surface area contributed by atoms with E-state index in [1.54, 1.807) is 18.3 Å². The molecule has 0 heterocycles. The SMILES string of the molecule is CC(C)(C)S(=O)/N=C\c1ccc(Cl)cc1. The molecule has 1 atom stereocenters. The van der Waals surface area contributed by atoms with Crippen molar-refractivity contribution in [2.24, 2.45) is 4.40 Å². The summed E-state index contributed by atoms with van der Waals surface area (Å²) >= 11 is 5.74. The Hall–Kier alpha value is -0.670. The molecule has 1 aromatic rings. The van der Waals surface area contributed by atoms with Gasteiger partial charge < -0.3 is 0 Å². The summed E-state index contributed by atoms with van der Waals surface area (Å²) in [7, 11) is -1.21. The third-order valence-corrected chi connectivity index (χ3v) is 3.29. The van der Waals surface area contributed by atoms with Crippen LogP contribution in [0.4, 0.5) is 0 Å². The van der Waals surface area contributed by atoms with Gasteiger partial charge >= 0.3 is 0 Å². The molecule has 0 fully saturated rings. The van der Waals surface area contributed by atoms with Crippen molar-refractivity contribution < 1.29 is 4.21 Å². The normalized spacial score (nSPS) is 14.4. The molecule has 0 spiro atoms. The topological polar surface area (TPSA) is 29.4 Å². The van der Waals surface area contributed by atoms with Crippen molar-refractivity contribution in [3.8, 4) is 0 Å². The Labute approximate surface area is 98.0 Å². The van der Waals surface area contributed by atoms with Gasteiger partial charge in [0.2, 0.25) is 0 Å². The zero-order chi connectivity index (χ0) is 11.5. The lowest BCUT2D eigenvalue weighted by Crippen LogP contribution is -2.19. The first kappa shape index (κ1) is 12.4. The second-order valence-electron chi connectivity index (χ2n) is 4.15.